The van der Waals surface area contributed by atoms with Gasteiger partial charge in [0, 0.05) is 30.4 Å². The topological polar surface area (TPSA) is 69.0 Å². The van der Waals surface area contributed by atoms with Gasteiger partial charge in [-0.3, -0.25) is 4.79 Å². The van der Waals surface area contributed by atoms with E-state index in [4.69, 9.17) is 4.74 Å². The van der Waals surface area contributed by atoms with Gasteiger partial charge in [0.25, 0.3) is 5.91 Å². The van der Waals surface area contributed by atoms with E-state index in [1.807, 2.05) is 61.0 Å². The SMILES string of the molecule is Cc1nc2c(cc(OCC(=O)NCc3ccccc3-n3cccn3)c3ccsc32)s1. The highest BCUT2D eigenvalue weighted by Gasteiger charge is 2.14. The van der Waals surface area contributed by atoms with Gasteiger partial charge in [-0.25, -0.2) is 9.67 Å². The van der Waals surface area contributed by atoms with Gasteiger partial charge in [-0.05, 0) is 36.1 Å². The lowest BCUT2D eigenvalue weighted by molar-refractivity contribution is -0.123. The van der Waals surface area contributed by atoms with Crippen LogP contribution < -0.4 is 10.1 Å². The minimum absolute atomic E-state index is 0.0435. The number of nitrogens with one attached hydrogen (secondary N) is 1. The molecule has 1 N–H and O–H groups in total. The normalized spacial score (nSPS) is 11.2. The molecule has 150 valence electrons. The van der Waals surface area contributed by atoms with E-state index in [-0.39, 0.29) is 12.5 Å². The van der Waals surface area contributed by atoms with Crippen molar-refractivity contribution >= 4 is 48.9 Å². The summed E-state index contributed by atoms with van der Waals surface area (Å²) in [6, 6.07) is 13.7. The van der Waals surface area contributed by atoms with Crippen LogP contribution in [0.15, 0.2) is 60.2 Å². The first-order valence-electron chi connectivity index (χ1n) is 9.44. The summed E-state index contributed by atoms with van der Waals surface area (Å²) in [4.78, 5) is 17.1. The third-order valence-electron chi connectivity index (χ3n) is 4.75. The number of thiophene rings is 1. The van der Waals surface area contributed by atoms with E-state index in [1.54, 1.807) is 33.6 Å². The highest BCUT2D eigenvalue weighted by atomic mass is 32.1. The predicted molar refractivity (Wildman–Crippen MR) is 121 cm³/mol. The van der Waals surface area contributed by atoms with Crippen LogP contribution in [0.25, 0.3) is 26.0 Å². The average molecular weight is 435 g/mol. The molecule has 5 rings (SSSR count). The van der Waals surface area contributed by atoms with E-state index in [2.05, 4.69) is 15.4 Å². The lowest BCUT2D eigenvalue weighted by Gasteiger charge is -2.12. The van der Waals surface area contributed by atoms with Crippen LogP contribution in [0.2, 0.25) is 0 Å². The molecule has 0 spiro atoms. The minimum atomic E-state index is -0.172. The van der Waals surface area contributed by atoms with Crippen molar-refractivity contribution < 1.29 is 9.53 Å². The Morgan fingerprint density at radius 2 is 2.13 bits per heavy atom. The molecule has 30 heavy (non-hydrogen) atoms. The Hall–Kier alpha value is -3.23. The van der Waals surface area contributed by atoms with Crippen LogP contribution in [0, 0.1) is 6.92 Å². The Kier molecular flexibility index (Phi) is 4.94. The van der Waals surface area contributed by atoms with Crippen LogP contribution in [0.5, 0.6) is 5.75 Å². The summed E-state index contributed by atoms with van der Waals surface area (Å²) in [6.07, 6.45) is 3.61. The van der Waals surface area contributed by atoms with Gasteiger partial charge in [0.2, 0.25) is 0 Å². The first-order chi connectivity index (χ1) is 14.7. The Balaban J connectivity index is 1.29. The smallest absolute Gasteiger partial charge is 0.258 e. The molecule has 0 bridgehead atoms. The van der Waals surface area contributed by atoms with Crippen molar-refractivity contribution in [2.24, 2.45) is 0 Å². The molecule has 0 aliphatic carbocycles. The number of aryl methyl sites for hydroxylation is 1. The number of para-hydroxylation sites is 1. The number of hydrogen-bond acceptors (Lipinski definition) is 6. The molecule has 3 heterocycles. The van der Waals surface area contributed by atoms with Crippen LogP contribution in [0.1, 0.15) is 10.6 Å². The predicted octanol–water partition coefficient (Wildman–Crippen LogP) is 4.70. The summed E-state index contributed by atoms with van der Waals surface area (Å²) in [5.41, 5.74) is 2.93. The van der Waals surface area contributed by atoms with Crippen molar-refractivity contribution in [2.75, 3.05) is 6.61 Å². The van der Waals surface area contributed by atoms with Crippen molar-refractivity contribution in [1.29, 1.82) is 0 Å². The van der Waals surface area contributed by atoms with Crippen molar-refractivity contribution in [1.82, 2.24) is 20.1 Å². The second-order valence-electron chi connectivity index (χ2n) is 6.76. The third kappa shape index (κ3) is 3.55. The fourth-order valence-electron chi connectivity index (χ4n) is 3.39. The summed E-state index contributed by atoms with van der Waals surface area (Å²) in [7, 11) is 0. The van der Waals surface area contributed by atoms with Crippen molar-refractivity contribution in [3.8, 4) is 11.4 Å². The number of nitrogens with zero attached hydrogens (tertiary/aromatic N) is 3. The van der Waals surface area contributed by atoms with Crippen molar-refractivity contribution in [2.45, 2.75) is 13.5 Å². The van der Waals surface area contributed by atoms with E-state index in [9.17, 15) is 4.79 Å². The monoisotopic (exact) mass is 434 g/mol. The van der Waals surface area contributed by atoms with Gasteiger partial charge < -0.3 is 10.1 Å². The molecule has 2 aromatic carbocycles. The zero-order valence-electron chi connectivity index (χ0n) is 16.2. The molecule has 8 heteroatoms. The molecule has 6 nitrogen and oxygen atoms in total. The molecule has 5 aromatic rings. The highest BCUT2D eigenvalue weighted by Crippen LogP contribution is 2.38. The van der Waals surface area contributed by atoms with Gasteiger partial charge in [-0.15, -0.1) is 22.7 Å². The van der Waals surface area contributed by atoms with Gasteiger partial charge in [-0.2, -0.15) is 5.10 Å². The number of aromatic nitrogens is 3. The zero-order valence-corrected chi connectivity index (χ0v) is 17.8. The molecule has 0 aliphatic heterocycles. The number of rotatable bonds is 6. The maximum atomic E-state index is 12.5. The second-order valence-corrected chi connectivity index (χ2v) is 8.91. The van der Waals surface area contributed by atoms with Gasteiger partial charge in [-0.1, -0.05) is 18.2 Å². The quantitative estimate of drug-likeness (QED) is 0.421. The standard InChI is InChI=1S/C22H18N4O2S2/c1-14-25-21-19(30-14)11-18(16-7-10-29-22(16)21)28-13-20(27)23-12-15-5-2-3-6-17(15)26-9-4-8-24-26/h2-11H,12-13H2,1H3,(H,23,27). The average Bonchev–Trinajstić information content (AvgIpc) is 3.50. The maximum Gasteiger partial charge on any atom is 0.258 e. The van der Waals surface area contributed by atoms with Gasteiger partial charge in [0.1, 0.15) is 5.75 Å². The van der Waals surface area contributed by atoms with E-state index in [1.165, 1.54) is 0 Å². The summed E-state index contributed by atoms with van der Waals surface area (Å²) in [5, 5.41) is 11.3. The molecule has 0 unspecified atom stereocenters. The lowest BCUT2D eigenvalue weighted by atomic mass is 10.2. The lowest BCUT2D eigenvalue weighted by Crippen LogP contribution is -2.28. The molecule has 0 radical (unpaired) electrons. The number of fused-ring (bicyclic) bond motifs is 3. The van der Waals surface area contributed by atoms with E-state index in [0.29, 0.717) is 6.54 Å². The number of thiazole rings is 1. The number of benzene rings is 2. The van der Waals surface area contributed by atoms with E-state index in [0.717, 1.165) is 42.3 Å². The molecule has 0 atom stereocenters. The van der Waals surface area contributed by atoms with Crippen LogP contribution in [0.3, 0.4) is 0 Å². The number of carbonyl (C=O) groups excluding carboxylic acids is 1. The molecular formula is C22H18N4O2S2. The third-order valence-corrected chi connectivity index (χ3v) is 6.58. The van der Waals surface area contributed by atoms with E-state index >= 15 is 0 Å². The van der Waals surface area contributed by atoms with Gasteiger partial charge >= 0.3 is 0 Å². The number of hydrogen-bond donors (Lipinski definition) is 1. The van der Waals surface area contributed by atoms with Gasteiger partial charge in [0.15, 0.2) is 6.61 Å². The Morgan fingerprint density at radius 1 is 1.23 bits per heavy atom. The summed E-state index contributed by atoms with van der Waals surface area (Å²) in [5.74, 6) is 0.545. The summed E-state index contributed by atoms with van der Waals surface area (Å²) < 4.78 is 9.87. The molecule has 0 fully saturated rings. The van der Waals surface area contributed by atoms with Crippen LogP contribution >= 0.6 is 22.7 Å². The summed E-state index contributed by atoms with van der Waals surface area (Å²) >= 11 is 3.28. The molecule has 0 aliphatic rings. The molecule has 0 saturated carbocycles. The van der Waals surface area contributed by atoms with E-state index < -0.39 is 0 Å². The molecule has 0 saturated heterocycles. The zero-order chi connectivity index (χ0) is 20.5. The number of amides is 1. The van der Waals surface area contributed by atoms with Gasteiger partial charge in [0.05, 0.1) is 25.6 Å². The molecular weight excluding hydrogens is 416 g/mol. The fourth-order valence-corrected chi connectivity index (χ4v) is 5.22. The largest absolute Gasteiger partial charge is 0.483 e. The highest BCUT2D eigenvalue weighted by molar-refractivity contribution is 7.21. The Labute approximate surface area is 180 Å². The first-order valence-corrected chi connectivity index (χ1v) is 11.1. The Morgan fingerprint density at radius 3 is 3.00 bits per heavy atom. The number of carbonyl (C=O) groups is 1. The summed E-state index contributed by atoms with van der Waals surface area (Å²) in [6.45, 7) is 2.36. The minimum Gasteiger partial charge on any atom is -0.483 e. The maximum absolute atomic E-state index is 12.5. The number of ether oxygens (including phenoxy) is 1. The van der Waals surface area contributed by atoms with Crippen LogP contribution in [-0.4, -0.2) is 27.3 Å². The first kappa shape index (κ1) is 18.8. The Bertz CT molecular complexity index is 1340. The van der Waals surface area contributed by atoms with Crippen LogP contribution in [-0.2, 0) is 11.3 Å². The second kappa shape index (κ2) is 7.89. The van der Waals surface area contributed by atoms with Crippen molar-refractivity contribution in [3.05, 3.63) is 70.8 Å². The molecule has 1 amide bonds. The molecule has 3 aromatic heterocycles. The fraction of sp³-hybridized carbons (Fsp3) is 0.136. The van der Waals surface area contributed by atoms with Crippen molar-refractivity contribution in [3.63, 3.8) is 0 Å². The van der Waals surface area contributed by atoms with Crippen LogP contribution in [0.4, 0.5) is 0 Å².